The van der Waals surface area contributed by atoms with Crippen molar-refractivity contribution in [2.24, 2.45) is 5.92 Å². The van der Waals surface area contributed by atoms with Gasteiger partial charge in [0.2, 0.25) is 0 Å². The van der Waals surface area contributed by atoms with Gasteiger partial charge in [0.25, 0.3) is 0 Å². The molecule has 0 saturated carbocycles. The molecule has 2 N–H and O–H groups in total. The van der Waals surface area contributed by atoms with Crippen molar-refractivity contribution in [1.29, 1.82) is 0 Å². The first-order valence-electron chi connectivity index (χ1n) is 8.25. The van der Waals surface area contributed by atoms with Gasteiger partial charge in [-0.1, -0.05) is 60.7 Å². The summed E-state index contributed by atoms with van der Waals surface area (Å²) in [6, 6.07) is 19.1. The zero-order valence-corrected chi connectivity index (χ0v) is 14.0. The summed E-state index contributed by atoms with van der Waals surface area (Å²) in [5.41, 5.74) is 1.97. The molecular formula is C20H24O5. The first kappa shape index (κ1) is 19.3. The van der Waals surface area contributed by atoms with Crippen molar-refractivity contribution >= 4 is 6.29 Å². The largest absolute Gasteiger partial charge is 0.390 e. The van der Waals surface area contributed by atoms with Crippen LogP contribution in [0, 0.1) is 5.92 Å². The molecule has 2 aromatic carbocycles. The van der Waals surface area contributed by atoms with Crippen LogP contribution in [0.5, 0.6) is 0 Å². The minimum absolute atomic E-state index is 0.0131. The predicted molar refractivity (Wildman–Crippen MR) is 93.8 cm³/mol. The average Bonchev–Trinajstić information content (AvgIpc) is 2.66. The summed E-state index contributed by atoms with van der Waals surface area (Å²) in [7, 11) is 0. The minimum atomic E-state index is -1.30. The molecule has 0 aliphatic heterocycles. The van der Waals surface area contributed by atoms with E-state index in [0.29, 0.717) is 19.5 Å². The Bertz CT molecular complexity index is 602. The zero-order chi connectivity index (χ0) is 17.9. The van der Waals surface area contributed by atoms with Gasteiger partial charge in [-0.2, -0.15) is 0 Å². The molecule has 0 unspecified atom stereocenters. The molecule has 2 aromatic rings. The summed E-state index contributed by atoms with van der Waals surface area (Å²) in [5, 5.41) is 20.1. The lowest BCUT2D eigenvalue weighted by atomic mass is 9.98. The van der Waals surface area contributed by atoms with Gasteiger partial charge in [0.15, 0.2) is 0 Å². The van der Waals surface area contributed by atoms with E-state index in [1.54, 1.807) is 0 Å². The van der Waals surface area contributed by atoms with Gasteiger partial charge >= 0.3 is 0 Å². The van der Waals surface area contributed by atoms with Crippen molar-refractivity contribution in [1.82, 2.24) is 0 Å². The fourth-order valence-electron chi connectivity index (χ4n) is 2.42. The Morgan fingerprint density at radius 3 is 1.76 bits per heavy atom. The maximum atomic E-state index is 10.9. The van der Waals surface area contributed by atoms with E-state index in [0.717, 1.165) is 11.1 Å². The molecule has 0 amide bonds. The second-order valence-corrected chi connectivity index (χ2v) is 5.86. The minimum Gasteiger partial charge on any atom is -0.390 e. The van der Waals surface area contributed by atoms with E-state index in [9.17, 15) is 15.0 Å². The van der Waals surface area contributed by atoms with Crippen LogP contribution in [0.2, 0.25) is 0 Å². The highest BCUT2D eigenvalue weighted by Gasteiger charge is 2.27. The van der Waals surface area contributed by atoms with Gasteiger partial charge in [-0.3, -0.25) is 0 Å². The Hall–Kier alpha value is -2.05. The molecule has 3 atom stereocenters. The van der Waals surface area contributed by atoms with E-state index in [1.165, 1.54) is 0 Å². The fraction of sp³-hybridized carbons (Fsp3) is 0.350. The summed E-state index contributed by atoms with van der Waals surface area (Å²) in [6.45, 7) is 0.775. The zero-order valence-electron chi connectivity index (χ0n) is 14.0. The van der Waals surface area contributed by atoms with Crippen LogP contribution in [-0.4, -0.2) is 41.9 Å². The Morgan fingerprint density at radius 1 is 0.800 bits per heavy atom. The number of carbonyl (C=O) groups is 1. The number of hydrogen-bond acceptors (Lipinski definition) is 5. The van der Waals surface area contributed by atoms with Gasteiger partial charge < -0.3 is 24.5 Å². The fourth-order valence-corrected chi connectivity index (χ4v) is 2.42. The first-order valence-corrected chi connectivity index (χ1v) is 8.25. The summed E-state index contributed by atoms with van der Waals surface area (Å²) < 4.78 is 11.0. The van der Waals surface area contributed by atoms with Gasteiger partial charge in [0, 0.05) is 5.92 Å². The second kappa shape index (κ2) is 10.7. The highest BCUT2D eigenvalue weighted by molar-refractivity contribution is 5.56. The lowest BCUT2D eigenvalue weighted by Gasteiger charge is -2.24. The van der Waals surface area contributed by atoms with E-state index < -0.39 is 18.1 Å². The SMILES string of the molecule is O=C[C@H](O)[C@H](COCc1ccccc1)[C@H](O)COCc1ccccc1. The third-order valence-electron chi connectivity index (χ3n) is 3.89. The van der Waals surface area contributed by atoms with Gasteiger partial charge in [-0.05, 0) is 11.1 Å². The number of benzene rings is 2. The molecule has 0 aliphatic rings. The Morgan fingerprint density at radius 2 is 1.28 bits per heavy atom. The third-order valence-corrected chi connectivity index (χ3v) is 3.89. The van der Waals surface area contributed by atoms with Crippen molar-refractivity contribution < 1.29 is 24.5 Å². The van der Waals surface area contributed by atoms with Crippen LogP contribution in [0.1, 0.15) is 11.1 Å². The lowest BCUT2D eigenvalue weighted by Crippen LogP contribution is -2.39. The molecule has 5 heteroatoms. The van der Waals surface area contributed by atoms with E-state index in [-0.39, 0.29) is 13.2 Å². The highest BCUT2D eigenvalue weighted by atomic mass is 16.5. The highest BCUT2D eigenvalue weighted by Crippen LogP contribution is 2.13. The topological polar surface area (TPSA) is 76.0 Å². The summed E-state index contributed by atoms with van der Waals surface area (Å²) >= 11 is 0. The number of aliphatic hydroxyl groups is 2. The number of aldehydes is 1. The van der Waals surface area contributed by atoms with Crippen LogP contribution in [0.4, 0.5) is 0 Å². The molecule has 25 heavy (non-hydrogen) atoms. The van der Waals surface area contributed by atoms with Crippen molar-refractivity contribution in [3.8, 4) is 0 Å². The molecule has 0 saturated heterocycles. The Labute approximate surface area is 147 Å². The van der Waals surface area contributed by atoms with Gasteiger partial charge in [-0.15, -0.1) is 0 Å². The Balaban J connectivity index is 1.79. The van der Waals surface area contributed by atoms with Crippen LogP contribution in [-0.2, 0) is 27.5 Å². The lowest BCUT2D eigenvalue weighted by molar-refractivity contribution is -0.125. The van der Waals surface area contributed by atoms with Gasteiger partial charge in [0.1, 0.15) is 12.4 Å². The van der Waals surface area contributed by atoms with Crippen LogP contribution in [0.15, 0.2) is 60.7 Å². The summed E-state index contributed by atoms with van der Waals surface area (Å²) in [4.78, 5) is 10.9. The molecule has 5 nitrogen and oxygen atoms in total. The van der Waals surface area contributed by atoms with E-state index in [4.69, 9.17) is 9.47 Å². The van der Waals surface area contributed by atoms with Gasteiger partial charge in [0.05, 0.1) is 32.5 Å². The number of ether oxygens (including phenoxy) is 2. The number of carbonyl (C=O) groups excluding carboxylic acids is 1. The molecule has 0 radical (unpaired) electrons. The molecule has 0 aliphatic carbocycles. The quantitative estimate of drug-likeness (QED) is 0.610. The standard InChI is InChI=1S/C20H24O5/c21-11-19(22)18(14-24-12-16-7-3-1-4-8-16)20(23)15-25-13-17-9-5-2-6-10-17/h1-11,18-20,22-23H,12-15H2/t18-,19-,20+/m0/s1. The normalized spacial score (nSPS) is 14.6. The monoisotopic (exact) mass is 344 g/mol. The second-order valence-electron chi connectivity index (χ2n) is 5.86. The predicted octanol–water partition coefficient (Wildman–Crippen LogP) is 1.96. The molecule has 0 spiro atoms. The number of hydrogen-bond donors (Lipinski definition) is 2. The van der Waals surface area contributed by atoms with Crippen LogP contribution < -0.4 is 0 Å². The van der Waals surface area contributed by atoms with E-state index in [1.807, 2.05) is 60.7 Å². The molecule has 0 fully saturated rings. The van der Waals surface area contributed by atoms with Crippen LogP contribution in [0.25, 0.3) is 0 Å². The van der Waals surface area contributed by atoms with Crippen molar-refractivity contribution in [2.75, 3.05) is 13.2 Å². The van der Waals surface area contributed by atoms with E-state index in [2.05, 4.69) is 0 Å². The molecule has 0 bridgehead atoms. The summed E-state index contributed by atoms with van der Waals surface area (Å²) in [6.07, 6.45) is -1.89. The smallest absolute Gasteiger partial charge is 0.148 e. The molecule has 2 rings (SSSR count). The molecule has 0 aromatic heterocycles. The van der Waals surface area contributed by atoms with Gasteiger partial charge in [-0.25, -0.2) is 0 Å². The maximum Gasteiger partial charge on any atom is 0.148 e. The van der Waals surface area contributed by atoms with Crippen LogP contribution in [0.3, 0.4) is 0 Å². The molecular weight excluding hydrogens is 320 g/mol. The van der Waals surface area contributed by atoms with Crippen LogP contribution >= 0.6 is 0 Å². The first-order chi connectivity index (χ1) is 12.2. The Kier molecular flexibility index (Phi) is 8.28. The maximum absolute atomic E-state index is 10.9. The molecule has 0 heterocycles. The van der Waals surface area contributed by atoms with E-state index >= 15 is 0 Å². The van der Waals surface area contributed by atoms with Crippen molar-refractivity contribution in [3.05, 3.63) is 71.8 Å². The average molecular weight is 344 g/mol. The number of aliphatic hydroxyl groups excluding tert-OH is 2. The number of rotatable bonds is 11. The molecule has 134 valence electrons. The summed E-state index contributed by atoms with van der Waals surface area (Å²) in [5.74, 6) is -0.739. The third kappa shape index (κ3) is 6.76. The van der Waals surface area contributed by atoms with Crippen molar-refractivity contribution in [2.45, 2.75) is 25.4 Å². The van der Waals surface area contributed by atoms with Crippen molar-refractivity contribution in [3.63, 3.8) is 0 Å².